The van der Waals surface area contributed by atoms with Gasteiger partial charge < -0.3 is 15.4 Å². The molecule has 0 saturated carbocycles. The van der Waals surface area contributed by atoms with Crippen LogP contribution in [-0.2, 0) is 4.79 Å². The Balaban J connectivity index is 1.62. The zero-order valence-corrected chi connectivity index (χ0v) is 19.0. The first-order valence-electron chi connectivity index (χ1n) is 10.5. The molecular weight excluding hydrogens is 443 g/mol. The van der Waals surface area contributed by atoms with Crippen LogP contribution in [0.25, 0.3) is 0 Å². The Morgan fingerprint density at radius 2 is 1.56 bits per heavy atom. The first-order valence-corrected chi connectivity index (χ1v) is 11.3. The lowest BCUT2D eigenvalue weighted by Gasteiger charge is -2.30. The molecule has 0 radical (unpaired) electrons. The third kappa shape index (κ3) is 3.74. The van der Waals surface area contributed by atoms with E-state index in [1.54, 1.807) is 7.11 Å². The molecule has 4 nitrogen and oxygen atoms in total. The van der Waals surface area contributed by atoms with E-state index in [1.807, 2.05) is 66.7 Å². The van der Waals surface area contributed by atoms with E-state index in [0.717, 1.165) is 33.9 Å². The van der Waals surface area contributed by atoms with Gasteiger partial charge in [0.2, 0.25) is 0 Å². The number of allylic oxidation sites excluding steroid dienone is 1. The number of carbonyl (C=O) groups excluding carboxylic acids is 1. The van der Waals surface area contributed by atoms with Crippen LogP contribution in [0.1, 0.15) is 35.9 Å². The third-order valence-corrected chi connectivity index (χ3v) is 6.84. The van der Waals surface area contributed by atoms with Gasteiger partial charge in [-0.1, -0.05) is 53.5 Å². The first-order chi connectivity index (χ1) is 15.5. The van der Waals surface area contributed by atoms with Gasteiger partial charge in [0.05, 0.1) is 24.5 Å². The Labute approximate surface area is 197 Å². The molecule has 2 atom stereocenters. The summed E-state index contributed by atoms with van der Waals surface area (Å²) >= 11 is 13.2. The molecule has 1 heterocycles. The second kappa shape index (κ2) is 8.53. The normalized spacial score (nSPS) is 19.9. The van der Waals surface area contributed by atoms with E-state index >= 15 is 0 Å². The van der Waals surface area contributed by atoms with Gasteiger partial charge >= 0.3 is 0 Å². The lowest BCUT2D eigenvalue weighted by molar-refractivity contribution is -0.116. The molecule has 32 heavy (non-hydrogen) atoms. The predicted molar refractivity (Wildman–Crippen MR) is 130 cm³/mol. The number of methoxy groups -OCH3 is 1. The van der Waals surface area contributed by atoms with Crippen LogP contribution in [0.2, 0.25) is 10.0 Å². The van der Waals surface area contributed by atoms with Gasteiger partial charge in [-0.25, -0.2) is 0 Å². The number of hydrogen-bond acceptors (Lipinski definition) is 4. The summed E-state index contributed by atoms with van der Waals surface area (Å²) < 4.78 is 5.28. The van der Waals surface area contributed by atoms with Crippen LogP contribution in [0.5, 0.6) is 5.75 Å². The average molecular weight is 465 g/mol. The van der Waals surface area contributed by atoms with E-state index in [-0.39, 0.29) is 11.7 Å². The average Bonchev–Trinajstić information content (AvgIpc) is 2.96. The summed E-state index contributed by atoms with van der Waals surface area (Å²) in [5.41, 5.74) is 5.26. The van der Waals surface area contributed by atoms with Crippen molar-refractivity contribution in [1.82, 2.24) is 0 Å². The highest BCUT2D eigenvalue weighted by Gasteiger charge is 2.37. The minimum absolute atomic E-state index is 0.0762. The quantitative estimate of drug-likeness (QED) is 0.438. The maximum Gasteiger partial charge on any atom is 0.163 e. The van der Waals surface area contributed by atoms with Crippen LogP contribution in [0.15, 0.2) is 78.0 Å². The van der Waals surface area contributed by atoms with Crippen LogP contribution in [-0.4, -0.2) is 12.9 Å². The number of hydrogen-bond donors (Lipinski definition) is 2. The van der Waals surface area contributed by atoms with E-state index < -0.39 is 6.04 Å². The number of rotatable bonds is 3. The lowest BCUT2D eigenvalue weighted by atomic mass is 9.78. The molecule has 0 amide bonds. The maximum absolute atomic E-state index is 13.6. The van der Waals surface area contributed by atoms with Crippen molar-refractivity contribution in [2.45, 2.75) is 24.8 Å². The molecule has 5 rings (SSSR count). The Hall–Kier alpha value is -2.95. The maximum atomic E-state index is 13.6. The monoisotopic (exact) mass is 464 g/mol. The van der Waals surface area contributed by atoms with Crippen molar-refractivity contribution < 1.29 is 9.53 Å². The molecule has 3 aromatic rings. The number of nitrogens with one attached hydrogen (secondary N) is 2. The number of para-hydroxylation sites is 2. The van der Waals surface area contributed by atoms with E-state index in [4.69, 9.17) is 27.9 Å². The third-order valence-electron chi connectivity index (χ3n) is 6.18. The summed E-state index contributed by atoms with van der Waals surface area (Å²) in [6.45, 7) is 0. The molecule has 2 N–H and O–H groups in total. The van der Waals surface area contributed by atoms with Crippen LogP contribution >= 0.6 is 23.2 Å². The molecule has 0 saturated heterocycles. The smallest absolute Gasteiger partial charge is 0.163 e. The van der Waals surface area contributed by atoms with Crippen LogP contribution in [0.4, 0.5) is 11.4 Å². The summed E-state index contributed by atoms with van der Waals surface area (Å²) in [5, 5.41) is 8.14. The second-order valence-corrected chi connectivity index (χ2v) is 8.89. The zero-order chi connectivity index (χ0) is 22.2. The highest BCUT2D eigenvalue weighted by molar-refractivity contribution is 6.36. The molecule has 0 bridgehead atoms. The molecule has 2 aliphatic rings. The summed E-state index contributed by atoms with van der Waals surface area (Å²) in [4.78, 5) is 13.6. The SMILES string of the molecule is COc1ccc([C@@H]2CC(=O)C3=C(C2)Nc2ccccc2N[C@@H]3c2c(Cl)cccc2Cl)cc1. The number of halogens is 2. The van der Waals surface area contributed by atoms with E-state index in [2.05, 4.69) is 10.6 Å². The molecule has 1 aliphatic heterocycles. The van der Waals surface area contributed by atoms with Crippen LogP contribution in [0.3, 0.4) is 0 Å². The van der Waals surface area contributed by atoms with Gasteiger partial charge in [-0.15, -0.1) is 0 Å². The Bertz CT molecular complexity index is 1200. The molecule has 0 spiro atoms. The van der Waals surface area contributed by atoms with Gasteiger partial charge in [0.1, 0.15) is 5.75 Å². The summed E-state index contributed by atoms with van der Waals surface area (Å²) in [7, 11) is 1.65. The van der Waals surface area contributed by atoms with Crippen molar-refractivity contribution in [3.8, 4) is 5.75 Å². The van der Waals surface area contributed by atoms with Crippen LogP contribution in [0, 0.1) is 0 Å². The highest BCUT2D eigenvalue weighted by atomic mass is 35.5. The number of benzene rings is 3. The van der Waals surface area contributed by atoms with E-state index in [9.17, 15) is 4.79 Å². The van der Waals surface area contributed by atoms with Gasteiger partial charge in [-0.2, -0.15) is 0 Å². The van der Waals surface area contributed by atoms with Crippen molar-refractivity contribution >= 4 is 40.4 Å². The molecule has 0 unspecified atom stereocenters. The number of anilines is 2. The molecule has 3 aromatic carbocycles. The predicted octanol–water partition coefficient (Wildman–Crippen LogP) is 6.98. The fourth-order valence-corrected chi connectivity index (χ4v) is 5.22. The Kier molecular flexibility index (Phi) is 5.58. The molecule has 6 heteroatoms. The van der Waals surface area contributed by atoms with Gasteiger partial charge in [0.25, 0.3) is 0 Å². The first kappa shape index (κ1) is 20.9. The number of fused-ring (bicyclic) bond motifs is 1. The topological polar surface area (TPSA) is 50.4 Å². The molecule has 1 aliphatic carbocycles. The van der Waals surface area contributed by atoms with Gasteiger partial charge in [0, 0.05) is 33.3 Å². The Morgan fingerprint density at radius 1 is 0.875 bits per heavy atom. The Morgan fingerprint density at radius 3 is 2.25 bits per heavy atom. The van der Waals surface area contributed by atoms with Crippen molar-refractivity contribution in [2.24, 2.45) is 0 Å². The number of ether oxygens (including phenoxy) is 1. The van der Waals surface area contributed by atoms with E-state index in [1.165, 1.54) is 0 Å². The molecule has 0 aromatic heterocycles. The van der Waals surface area contributed by atoms with Crippen LogP contribution < -0.4 is 15.4 Å². The largest absolute Gasteiger partial charge is 0.497 e. The van der Waals surface area contributed by atoms with Crippen molar-refractivity contribution in [3.63, 3.8) is 0 Å². The summed E-state index contributed by atoms with van der Waals surface area (Å²) in [6, 6.07) is 20.9. The summed E-state index contributed by atoms with van der Waals surface area (Å²) in [5.74, 6) is 0.961. The second-order valence-electron chi connectivity index (χ2n) is 8.08. The van der Waals surface area contributed by atoms with Crippen molar-refractivity contribution in [3.05, 3.63) is 99.2 Å². The minimum Gasteiger partial charge on any atom is -0.497 e. The molecular formula is C26H22Cl2N2O2. The number of Topliss-reactive ketones (excluding diaryl/α,β-unsaturated/α-hetero) is 1. The lowest BCUT2D eigenvalue weighted by Crippen LogP contribution is -2.27. The fraction of sp³-hybridized carbons (Fsp3) is 0.192. The molecule has 0 fully saturated rings. The van der Waals surface area contributed by atoms with Gasteiger partial charge in [-0.3, -0.25) is 4.79 Å². The van der Waals surface area contributed by atoms with E-state index in [0.29, 0.717) is 28.5 Å². The number of ketones is 1. The van der Waals surface area contributed by atoms with Gasteiger partial charge in [0.15, 0.2) is 5.78 Å². The minimum atomic E-state index is -0.438. The van der Waals surface area contributed by atoms with Gasteiger partial charge in [-0.05, 0) is 54.3 Å². The summed E-state index contributed by atoms with van der Waals surface area (Å²) in [6.07, 6.45) is 1.13. The number of carbonyl (C=O) groups is 1. The fourth-order valence-electron chi connectivity index (χ4n) is 4.61. The van der Waals surface area contributed by atoms with Crippen molar-refractivity contribution in [1.29, 1.82) is 0 Å². The standard InChI is InChI=1S/C26H22Cl2N2O2/c1-32-17-11-9-15(10-12-17)16-13-22-25(23(31)14-16)26(24-18(27)5-4-6-19(24)28)30-21-8-3-2-7-20(21)29-22/h2-12,16,26,29-30H,13-14H2,1H3/t16-,26+/m0/s1. The highest BCUT2D eigenvalue weighted by Crippen LogP contribution is 2.46. The zero-order valence-electron chi connectivity index (χ0n) is 17.5. The van der Waals surface area contributed by atoms with Crippen molar-refractivity contribution in [2.75, 3.05) is 17.7 Å². The molecule has 162 valence electrons.